The lowest BCUT2D eigenvalue weighted by Gasteiger charge is -2.20. The third-order valence-electron chi connectivity index (χ3n) is 4.46. The number of hydrogen-bond donors (Lipinski definition) is 0. The number of ether oxygens (including phenoxy) is 3. The minimum Gasteiger partial charge on any atom is -0.462 e. The molecule has 34 heavy (non-hydrogen) atoms. The largest absolute Gasteiger partial charge is 0.462 e. The van der Waals surface area contributed by atoms with Crippen LogP contribution in [0.5, 0.6) is 6.01 Å². The highest BCUT2D eigenvalue weighted by Crippen LogP contribution is 2.24. The molecule has 0 radical (unpaired) electrons. The third-order valence-corrected chi connectivity index (χ3v) is 4.46. The van der Waals surface area contributed by atoms with Crippen molar-refractivity contribution in [3.63, 3.8) is 0 Å². The zero-order valence-corrected chi connectivity index (χ0v) is 17.8. The summed E-state index contributed by atoms with van der Waals surface area (Å²) in [5, 5.41) is 4.00. The Balaban J connectivity index is 1.81. The number of aryl methyl sites for hydroxylation is 1. The van der Waals surface area contributed by atoms with Gasteiger partial charge >= 0.3 is 18.4 Å². The summed E-state index contributed by atoms with van der Waals surface area (Å²) in [6.45, 7) is -3.64. The van der Waals surface area contributed by atoms with Crippen LogP contribution in [0.4, 0.5) is 26.3 Å². The van der Waals surface area contributed by atoms with Gasteiger partial charge in [0.2, 0.25) is 0 Å². The van der Waals surface area contributed by atoms with Crippen molar-refractivity contribution in [2.75, 3.05) is 26.4 Å². The molecule has 1 aliphatic rings. The van der Waals surface area contributed by atoms with Gasteiger partial charge in [0.25, 0.3) is 5.56 Å². The lowest BCUT2D eigenvalue weighted by molar-refractivity contribution is -0.180. The lowest BCUT2D eigenvalue weighted by Crippen LogP contribution is -2.26. The first-order valence-electron chi connectivity index (χ1n) is 9.90. The summed E-state index contributed by atoms with van der Waals surface area (Å²) in [7, 11) is 1.63. The van der Waals surface area contributed by atoms with E-state index in [2.05, 4.69) is 14.8 Å². The van der Waals surface area contributed by atoms with Gasteiger partial charge in [-0.1, -0.05) is 12.2 Å². The molecule has 0 spiro atoms. The summed E-state index contributed by atoms with van der Waals surface area (Å²) in [5.74, 6) is 0. The van der Waals surface area contributed by atoms with Crippen LogP contribution in [0.1, 0.15) is 6.42 Å². The normalized spacial score (nSPS) is 16.6. The quantitative estimate of drug-likeness (QED) is 0.393. The van der Waals surface area contributed by atoms with E-state index in [4.69, 9.17) is 9.47 Å². The molecule has 3 rings (SSSR count). The minimum atomic E-state index is -4.50. The molecule has 14 heteroatoms. The van der Waals surface area contributed by atoms with Gasteiger partial charge in [-0.15, -0.1) is 0 Å². The maximum Gasteiger partial charge on any atom is 0.411 e. The summed E-state index contributed by atoms with van der Waals surface area (Å²) >= 11 is 0. The second kappa shape index (κ2) is 10.4. The van der Waals surface area contributed by atoms with Gasteiger partial charge in [-0.2, -0.15) is 36.4 Å². The number of aromatic nitrogens is 4. The topological polar surface area (TPSA) is 80.4 Å². The van der Waals surface area contributed by atoms with E-state index in [0.717, 1.165) is 4.57 Å². The van der Waals surface area contributed by atoms with E-state index in [1.807, 2.05) is 0 Å². The highest BCUT2D eigenvalue weighted by atomic mass is 19.4. The second-order valence-corrected chi connectivity index (χ2v) is 7.14. The number of alkyl halides is 6. The molecule has 0 bridgehead atoms. The molecule has 0 amide bonds. The molecule has 0 fully saturated rings. The van der Waals surface area contributed by atoms with Crippen LogP contribution in [0.25, 0.3) is 17.1 Å². The second-order valence-electron chi connectivity index (χ2n) is 7.14. The number of halogens is 6. The van der Waals surface area contributed by atoms with Crippen molar-refractivity contribution in [3.8, 4) is 17.4 Å². The van der Waals surface area contributed by atoms with Crippen LogP contribution in [-0.4, -0.2) is 64.2 Å². The molecule has 0 saturated carbocycles. The van der Waals surface area contributed by atoms with E-state index in [9.17, 15) is 31.1 Å². The minimum absolute atomic E-state index is 0.0476. The van der Waals surface area contributed by atoms with Gasteiger partial charge in [0.1, 0.15) is 19.8 Å². The van der Waals surface area contributed by atoms with Gasteiger partial charge in [-0.3, -0.25) is 9.48 Å². The Morgan fingerprint density at radius 2 is 1.85 bits per heavy atom. The molecule has 0 N–H and O–H groups in total. The molecule has 1 atom stereocenters. The van der Waals surface area contributed by atoms with Crippen molar-refractivity contribution < 1.29 is 40.6 Å². The number of hydrogen-bond acceptors (Lipinski definition) is 6. The average Bonchev–Trinajstić information content (AvgIpc) is 3.17. The van der Waals surface area contributed by atoms with Crippen molar-refractivity contribution in [2.24, 2.45) is 7.05 Å². The van der Waals surface area contributed by atoms with Crippen LogP contribution in [-0.2, 0) is 16.5 Å². The van der Waals surface area contributed by atoms with Crippen molar-refractivity contribution >= 4 is 5.70 Å². The Hall–Kier alpha value is -3.13. The number of nitrogens with zero attached hydrogens (tertiary/aromatic N) is 4. The standard InChI is InChI=1S/C20H20F6N4O4/c1-29-16(6-7-27-29)15-10-17(31)30(18(28-15)33-9-8-32-11-19(21,22)23)13-2-4-14(5-3-13)34-12-20(24,25)26/h2-4,6-7,10,14H,5,8-9,11-12H2,1H3. The molecular formula is C20H20F6N4O4. The summed E-state index contributed by atoms with van der Waals surface area (Å²) in [5.41, 5.74) is 0.366. The highest BCUT2D eigenvalue weighted by Gasteiger charge is 2.29. The fourth-order valence-corrected chi connectivity index (χ4v) is 3.01. The van der Waals surface area contributed by atoms with E-state index < -0.39 is 43.8 Å². The van der Waals surface area contributed by atoms with Gasteiger partial charge in [0, 0.05) is 25.0 Å². The first-order chi connectivity index (χ1) is 15.9. The zero-order valence-electron chi connectivity index (χ0n) is 17.8. The molecule has 1 unspecified atom stereocenters. The Bertz CT molecular complexity index is 1100. The van der Waals surface area contributed by atoms with Crippen molar-refractivity contribution in [2.45, 2.75) is 24.9 Å². The zero-order chi connectivity index (χ0) is 24.9. The van der Waals surface area contributed by atoms with Crippen molar-refractivity contribution in [3.05, 3.63) is 46.9 Å². The number of rotatable bonds is 9. The summed E-state index contributed by atoms with van der Waals surface area (Å²) in [4.78, 5) is 17.2. The Labute approximate surface area is 189 Å². The van der Waals surface area contributed by atoms with E-state index in [0.29, 0.717) is 5.69 Å². The maximum atomic E-state index is 12.9. The van der Waals surface area contributed by atoms with Crippen LogP contribution in [0.15, 0.2) is 41.4 Å². The third kappa shape index (κ3) is 7.18. The Kier molecular flexibility index (Phi) is 7.82. The molecule has 2 aromatic heterocycles. The van der Waals surface area contributed by atoms with Crippen molar-refractivity contribution in [1.29, 1.82) is 0 Å². The van der Waals surface area contributed by atoms with Crippen LogP contribution in [0, 0.1) is 0 Å². The predicted octanol–water partition coefficient (Wildman–Crippen LogP) is 3.35. The highest BCUT2D eigenvalue weighted by molar-refractivity contribution is 5.62. The molecular weight excluding hydrogens is 474 g/mol. The lowest BCUT2D eigenvalue weighted by atomic mass is 10.1. The first kappa shape index (κ1) is 25.5. The Morgan fingerprint density at radius 1 is 1.12 bits per heavy atom. The van der Waals surface area contributed by atoms with Crippen LogP contribution >= 0.6 is 0 Å². The predicted molar refractivity (Wildman–Crippen MR) is 107 cm³/mol. The SMILES string of the molecule is Cn1nccc1-c1cc(=O)n(C2=CCC(OCC(F)(F)F)C=C2)c(OCCOCC(F)(F)F)n1. The fraction of sp³-hybridized carbons (Fsp3) is 0.450. The molecule has 186 valence electrons. The molecule has 0 aliphatic heterocycles. The Morgan fingerprint density at radius 3 is 2.44 bits per heavy atom. The van der Waals surface area contributed by atoms with Crippen molar-refractivity contribution in [1.82, 2.24) is 19.3 Å². The maximum absolute atomic E-state index is 12.9. The number of allylic oxidation sites excluding steroid dienone is 2. The van der Waals surface area contributed by atoms with Crippen LogP contribution in [0.2, 0.25) is 0 Å². The molecule has 2 heterocycles. The molecule has 8 nitrogen and oxygen atoms in total. The van der Waals surface area contributed by atoms with Gasteiger partial charge in [0.05, 0.1) is 24.1 Å². The fourth-order valence-electron chi connectivity index (χ4n) is 3.01. The van der Waals surface area contributed by atoms with Gasteiger partial charge in [-0.05, 0) is 18.6 Å². The van der Waals surface area contributed by atoms with Gasteiger partial charge in [-0.25, -0.2) is 4.57 Å². The van der Waals surface area contributed by atoms with Gasteiger partial charge in [0.15, 0.2) is 0 Å². The molecule has 0 aromatic carbocycles. The van der Waals surface area contributed by atoms with E-state index >= 15 is 0 Å². The van der Waals surface area contributed by atoms with Crippen LogP contribution in [0.3, 0.4) is 0 Å². The van der Waals surface area contributed by atoms with Gasteiger partial charge < -0.3 is 14.2 Å². The smallest absolute Gasteiger partial charge is 0.411 e. The summed E-state index contributed by atoms with van der Waals surface area (Å²) in [6.07, 6.45) is -4.07. The van der Waals surface area contributed by atoms with E-state index in [1.165, 1.54) is 35.2 Å². The summed E-state index contributed by atoms with van der Waals surface area (Å²) in [6, 6.07) is 2.58. The average molecular weight is 494 g/mol. The molecule has 1 aliphatic carbocycles. The van der Waals surface area contributed by atoms with E-state index in [1.54, 1.807) is 13.1 Å². The molecule has 2 aromatic rings. The molecule has 0 saturated heterocycles. The monoisotopic (exact) mass is 494 g/mol. The van der Waals surface area contributed by atoms with Crippen LogP contribution < -0.4 is 10.3 Å². The van der Waals surface area contributed by atoms with E-state index in [-0.39, 0.29) is 30.4 Å². The summed E-state index contributed by atoms with van der Waals surface area (Å²) < 4.78 is 91.1. The first-order valence-corrected chi connectivity index (χ1v) is 9.90.